The van der Waals surface area contributed by atoms with Crippen molar-refractivity contribution in [2.45, 2.75) is 25.6 Å². The molecule has 0 spiro atoms. The zero-order chi connectivity index (χ0) is 18.0. The number of likely N-dealkylation sites (tertiary alicyclic amines) is 1. The van der Waals surface area contributed by atoms with Crippen molar-refractivity contribution in [1.29, 1.82) is 5.26 Å². The molecule has 1 saturated heterocycles. The quantitative estimate of drug-likeness (QED) is 0.856. The number of carbonyl (C=O) groups is 1. The van der Waals surface area contributed by atoms with Gasteiger partial charge in [-0.15, -0.1) is 0 Å². The highest BCUT2D eigenvalue weighted by Crippen LogP contribution is 2.31. The summed E-state index contributed by atoms with van der Waals surface area (Å²) in [4.78, 5) is 21.1. The molecule has 1 aliphatic heterocycles. The first-order valence-corrected chi connectivity index (χ1v) is 7.60. The van der Waals surface area contributed by atoms with Crippen LogP contribution in [0.2, 0.25) is 0 Å². The molecular formula is C17H13F3N4O. The topological polar surface area (TPSA) is 69.9 Å². The van der Waals surface area contributed by atoms with Gasteiger partial charge in [0.05, 0.1) is 23.5 Å². The van der Waals surface area contributed by atoms with E-state index in [9.17, 15) is 18.0 Å². The summed E-state index contributed by atoms with van der Waals surface area (Å²) in [5, 5.41) is 9.11. The van der Waals surface area contributed by atoms with Crippen molar-refractivity contribution in [1.82, 2.24) is 14.9 Å². The molecule has 3 rings (SSSR count). The van der Waals surface area contributed by atoms with E-state index >= 15 is 0 Å². The number of hydrogen-bond donors (Lipinski definition) is 0. The molecule has 1 fully saturated rings. The fraction of sp³-hybridized carbons (Fsp3) is 0.294. The molecule has 1 amide bonds. The van der Waals surface area contributed by atoms with Gasteiger partial charge in [0.2, 0.25) is 5.91 Å². The summed E-state index contributed by atoms with van der Waals surface area (Å²) in [6, 6.07) is 6.91. The van der Waals surface area contributed by atoms with E-state index in [1.165, 1.54) is 6.20 Å². The van der Waals surface area contributed by atoms with Crippen molar-refractivity contribution < 1.29 is 18.0 Å². The maximum Gasteiger partial charge on any atom is 0.433 e. The summed E-state index contributed by atoms with van der Waals surface area (Å²) in [6.45, 7) is 1.04. The second-order valence-electron chi connectivity index (χ2n) is 5.66. The van der Waals surface area contributed by atoms with E-state index in [2.05, 4.69) is 9.97 Å². The number of rotatable bonds is 3. The van der Waals surface area contributed by atoms with Gasteiger partial charge in [-0.05, 0) is 30.7 Å². The third-order valence-corrected chi connectivity index (χ3v) is 3.93. The Morgan fingerprint density at radius 1 is 1.24 bits per heavy atom. The minimum atomic E-state index is -4.59. The van der Waals surface area contributed by atoms with Gasteiger partial charge in [0.25, 0.3) is 0 Å². The van der Waals surface area contributed by atoms with Crippen LogP contribution in [0.3, 0.4) is 0 Å². The molecule has 25 heavy (non-hydrogen) atoms. The van der Waals surface area contributed by atoms with E-state index in [4.69, 9.17) is 5.26 Å². The Morgan fingerprint density at radius 3 is 2.60 bits per heavy atom. The molecule has 3 heterocycles. The first-order valence-electron chi connectivity index (χ1n) is 7.60. The Labute approximate surface area is 141 Å². The van der Waals surface area contributed by atoms with Gasteiger partial charge in [-0.1, -0.05) is 0 Å². The molecule has 0 aliphatic carbocycles. The second kappa shape index (κ2) is 6.51. The molecule has 0 N–H and O–H groups in total. The van der Waals surface area contributed by atoms with Gasteiger partial charge in [0.1, 0.15) is 11.8 Å². The molecule has 1 aliphatic rings. The smallest absolute Gasteiger partial charge is 0.337 e. The van der Waals surface area contributed by atoms with Crippen LogP contribution in [-0.4, -0.2) is 27.3 Å². The number of pyridine rings is 2. The van der Waals surface area contributed by atoms with Crippen molar-refractivity contribution in [2.24, 2.45) is 0 Å². The molecule has 0 bridgehead atoms. The van der Waals surface area contributed by atoms with E-state index in [-0.39, 0.29) is 17.2 Å². The lowest BCUT2D eigenvalue weighted by atomic mass is 10.1. The molecule has 2 aromatic rings. The average molecular weight is 346 g/mol. The SMILES string of the molecule is N#Cc1ccc(C(F)(F)F)nc1-c1ccc(CN2CCCC2=O)nc1. The molecule has 0 radical (unpaired) electrons. The summed E-state index contributed by atoms with van der Waals surface area (Å²) in [5.74, 6) is 0.0668. The Morgan fingerprint density at radius 2 is 2.04 bits per heavy atom. The number of nitriles is 1. The van der Waals surface area contributed by atoms with E-state index in [0.29, 0.717) is 30.8 Å². The lowest BCUT2D eigenvalue weighted by Crippen LogP contribution is -2.24. The van der Waals surface area contributed by atoms with Gasteiger partial charge < -0.3 is 4.90 Å². The van der Waals surface area contributed by atoms with Crippen molar-refractivity contribution in [3.05, 3.63) is 47.4 Å². The second-order valence-corrected chi connectivity index (χ2v) is 5.66. The number of carbonyl (C=O) groups excluding carboxylic acids is 1. The van der Waals surface area contributed by atoms with Gasteiger partial charge >= 0.3 is 6.18 Å². The minimum absolute atomic E-state index is 0.0391. The highest BCUT2D eigenvalue weighted by molar-refractivity contribution is 5.78. The molecule has 5 nitrogen and oxygen atoms in total. The zero-order valence-electron chi connectivity index (χ0n) is 13.0. The van der Waals surface area contributed by atoms with Gasteiger partial charge in [0, 0.05) is 24.7 Å². The number of halogens is 3. The van der Waals surface area contributed by atoms with E-state index in [0.717, 1.165) is 18.6 Å². The van der Waals surface area contributed by atoms with Crippen LogP contribution in [-0.2, 0) is 17.5 Å². The lowest BCUT2D eigenvalue weighted by molar-refractivity contribution is -0.141. The summed E-state index contributed by atoms with van der Waals surface area (Å²) in [6.07, 6.45) is -1.88. The largest absolute Gasteiger partial charge is 0.433 e. The van der Waals surface area contributed by atoms with Crippen LogP contribution in [0.15, 0.2) is 30.5 Å². The third-order valence-electron chi connectivity index (χ3n) is 3.93. The maximum absolute atomic E-state index is 12.8. The molecule has 128 valence electrons. The number of nitrogens with zero attached hydrogens (tertiary/aromatic N) is 4. The summed E-state index contributed by atoms with van der Waals surface area (Å²) < 4.78 is 38.5. The van der Waals surface area contributed by atoms with Gasteiger partial charge in [-0.25, -0.2) is 4.98 Å². The molecule has 0 unspecified atom stereocenters. The van der Waals surface area contributed by atoms with Crippen molar-refractivity contribution in [3.8, 4) is 17.3 Å². The van der Waals surface area contributed by atoms with E-state index in [1.54, 1.807) is 17.0 Å². The number of hydrogen-bond acceptors (Lipinski definition) is 4. The summed E-state index contributed by atoms with van der Waals surface area (Å²) >= 11 is 0. The van der Waals surface area contributed by atoms with Crippen LogP contribution in [0.5, 0.6) is 0 Å². The standard InChI is InChI=1S/C17H13F3N4O/c18-17(19,20)14-6-4-11(8-21)16(23-14)12-3-5-13(22-9-12)10-24-7-1-2-15(24)25/h3-6,9H,1-2,7,10H2. The first kappa shape index (κ1) is 16.9. The highest BCUT2D eigenvalue weighted by Gasteiger charge is 2.33. The first-order chi connectivity index (χ1) is 11.9. The Hall–Kier alpha value is -2.95. The minimum Gasteiger partial charge on any atom is -0.337 e. The van der Waals surface area contributed by atoms with Crippen LogP contribution < -0.4 is 0 Å². The maximum atomic E-state index is 12.8. The van der Waals surface area contributed by atoms with Gasteiger partial charge in [0.15, 0.2) is 0 Å². The predicted molar refractivity (Wildman–Crippen MR) is 81.8 cm³/mol. The van der Waals surface area contributed by atoms with E-state index < -0.39 is 11.9 Å². The Balaban J connectivity index is 1.89. The van der Waals surface area contributed by atoms with Crippen molar-refractivity contribution in [3.63, 3.8) is 0 Å². The number of amides is 1. The van der Waals surface area contributed by atoms with Gasteiger partial charge in [-0.2, -0.15) is 18.4 Å². The zero-order valence-corrected chi connectivity index (χ0v) is 13.0. The third kappa shape index (κ3) is 3.60. The average Bonchev–Trinajstić information content (AvgIpc) is 2.99. The summed E-state index contributed by atoms with van der Waals surface area (Å²) in [7, 11) is 0. The fourth-order valence-corrected chi connectivity index (χ4v) is 2.65. The lowest BCUT2D eigenvalue weighted by Gasteiger charge is -2.15. The number of alkyl halides is 3. The fourth-order valence-electron chi connectivity index (χ4n) is 2.65. The van der Waals surface area contributed by atoms with Crippen LogP contribution in [0.4, 0.5) is 13.2 Å². The molecular weight excluding hydrogens is 333 g/mol. The van der Waals surface area contributed by atoms with Gasteiger partial charge in [-0.3, -0.25) is 9.78 Å². The Bertz CT molecular complexity index is 840. The molecule has 0 aromatic carbocycles. The van der Waals surface area contributed by atoms with Crippen LogP contribution in [0, 0.1) is 11.3 Å². The van der Waals surface area contributed by atoms with Crippen LogP contribution >= 0.6 is 0 Å². The molecule has 8 heteroatoms. The highest BCUT2D eigenvalue weighted by atomic mass is 19.4. The predicted octanol–water partition coefficient (Wildman–Crippen LogP) is 3.16. The van der Waals surface area contributed by atoms with Crippen LogP contribution in [0.25, 0.3) is 11.3 Å². The van der Waals surface area contributed by atoms with Crippen molar-refractivity contribution in [2.75, 3.05) is 6.54 Å². The summed E-state index contributed by atoms with van der Waals surface area (Å²) in [5.41, 5.74) is -0.136. The molecule has 0 atom stereocenters. The van der Waals surface area contributed by atoms with Crippen LogP contribution in [0.1, 0.15) is 29.8 Å². The Kier molecular flexibility index (Phi) is 4.40. The monoisotopic (exact) mass is 346 g/mol. The van der Waals surface area contributed by atoms with E-state index in [1.807, 2.05) is 6.07 Å². The number of aromatic nitrogens is 2. The van der Waals surface area contributed by atoms with Crippen molar-refractivity contribution >= 4 is 5.91 Å². The molecule has 0 saturated carbocycles. The molecule has 2 aromatic heterocycles. The normalized spacial score (nSPS) is 14.6.